The molecule has 1 heterocycles. The van der Waals surface area contributed by atoms with Crippen molar-refractivity contribution < 1.29 is 9.59 Å². The Balaban J connectivity index is 1.47. The molecule has 0 saturated heterocycles. The predicted octanol–water partition coefficient (Wildman–Crippen LogP) is 3.65. The quantitative estimate of drug-likeness (QED) is 0.602. The monoisotopic (exact) mass is 416 g/mol. The maximum absolute atomic E-state index is 12.2. The Hall–Kier alpha value is -2.83. The van der Waals surface area contributed by atoms with Gasteiger partial charge in [-0.25, -0.2) is 4.68 Å². The Morgan fingerprint density at radius 1 is 0.929 bits per heavy atom. The average Bonchev–Trinajstić information content (AvgIpc) is 3.13. The van der Waals surface area contributed by atoms with Crippen LogP contribution in [0.4, 0.5) is 0 Å². The van der Waals surface area contributed by atoms with Crippen LogP contribution < -0.4 is 10.6 Å². The van der Waals surface area contributed by atoms with Crippen molar-refractivity contribution in [1.82, 2.24) is 20.4 Å². The Morgan fingerprint density at radius 2 is 1.54 bits per heavy atom. The number of halogens is 2. The zero-order chi connectivity index (χ0) is 20.1. The summed E-state index contributed by atoms with van der Waals surface area (Å²) < 4.78 is 1.75. The van der Waals surface area contributed by atoms with Gasteiger partial charge >= 0.3 is 0 Å². The predicted molar refractivity (Wildman–Crippen MR) is 109 cm³/mol. The van der Waals surface area contributed by atoms with Gasteiger partial charge < -0.3 is 10.6 Å². The molecule has 8 heteroatoms. The minimum absolute atomic E-state index is 0.216. The number of nitrogens with zero attached hydrogens (tertiary/aromatic N) is 2. The summed E-state index contributed by atoms with van der Waals surface area (Å²) in [6, 6.07) is 11.8. The lowest BCUT2D eigenvalue weighted by molar-refractivity contribution is 0.0927. The van der Waals surface area contributed by atoms with Gasteiger partial charge in [0.05, 0.1) is 21.9 Å². The molecule has 0 atom stereocenters. The SMILES string of the molecule is Cc1cnn(-c2ccc(C(=O)NCCNC(=O)c3ccc(Cl)c(Cl)c3)cc2)c1. The van der Waals surface area contributed by atoms with Crippen molar-refractivity contribution in [3.8, 4) is 5.69 Å². The number of carbonyl (C=O) groups is 2. The lowest BCUT2D eigenvalue weighted by Gasteiger charge is -2.08. The van der Waals surface area contributed by atoms with E-state index in [1.165, 1.54) is 6.07 Å². The van der Waals surface area contributed by atoms with Crippen LogP contribution in [0.1, 0.15) is 26.3 Å². The van der Waals surface area contributed by atoms with Crippen LogP contribution in [0.2, 0.25) is 10.0 Å². The van der Waals surface area contributed by atoms with E-state index in [1.54, 1.807) is 35.1 Å². The van der Waals surface area contributed by atoms with Crippen molar-refractivity contribution in [2.24, 2.45) is 0 Å². The minimum atomic E-state index is -0.285. The third kappa shape index (κ3) is 4.91. The molecule has 0 fully saturated rings. The standard InChI is InChI=1S/C20H18Cl2N4O2/c1-13-11-25-26(12-13)16-5-2-14(3-6-16)19(27)23-8-9-24-20(28)15-4-7-17(21)18(22)10-15/h2-7,10-12H,8-9H2,1H3,(H,23,27)(H,24,28). The molecule has 0 aliphatic carbocycles. The number of hydrogen-bond donors (Lipinski definition) is 2. The fraction of sp³-hybridized carbons (Fsp3) is 0.150. The van der Waals surface area contributed by atoms with Gasteiger partial charge in [0, 0.05) is 30.4 Å². The third-order valence-corrected chi connectivity index (χ3v) is 4.72. The maximum Gasteiger partial charge on any atom is 0.251 e. The van der Waals surface area contributed by atoms with Crippen LogP contribution in [0.3, 0.4) is 0 Å². The number of amides is 2. The lowest BCUT2D eigenvalue weighted by atomic mass is 10.2. The van der Waals surface area contributed by atoms with Gasteiger partial charge in [0.15, 0.2) is 0 Å². The first kappa shape index (κ1) is 19.9. The molecule has 6 nitrogen and oxygen atoms in total. The second kappa shape index (κ2) is 8.91. The van der Waals surface area contributed by atoms with Crippen LogP contribution in [0, 0.1) is 6.92 Å². The largest absolute Gasteiger partial charge is 0.350 e. The fourth-order valence-electron chi connectivity index (χ4n) is 2.51. The normalized spacial score (nSPS) is 10.5. The van der Waals surface area contributed by atoms with Gasteiger partial charge in [-0.2, -0.15) is 5.10 Å². The van der Waals surface area contributed by atoms with E-state index in [0.717, 1.165) is 11.3 Å². The third-order valence-electron chi connectivity index (χ3n) is 3.98. The molecular formula is C20H18Cl2N4O2. The summed E-state index contributed by atoms with van der Waals surface area (Å²) in [7, 11) is 0. The molecule has 1 aromatic heterocycles. The number of rotatable bonds is 6. The second-order valence-electron chi connectivity index (χ2n) is 6.15. The number of carbonyl (C=O) groups excluding carboxylic acids is 2. The molecular weight excluding hydrogens is 399 g/mol. The maximum atomic E-state index is 12.2. The Morgan fingerprint density at radius 3 is 2.11 bits per heavy atom. The summed E-state index contributed by atoms with van der Waals surface area (Å²) in [5.41, 5.74) is 2.87. The summed E-state index contributed by atoms with van der Waals surface area (Å²) in [5.74, 6) is -0.501. The number of aromatic nitrogens is 2. The molecule has 0 radical (unpaired) electrons. The van der Waals surface area contributed by atoms with E-state index in [2.05, 4.69) is 15.7 Å². The number of nitrogens with one attached hydrogen (secondary N) is 2. The average molecular weight is 417 g/mol. The summed E-state index contributed by atoms with van der Waals surface area (Å²) in [4.78, 5) is 24.3. The first-order valence-electron chi connectivity index (χ1n) is 8.57. The van der Waals surface area contributed by atoms with Crippen molar-refractivity contribution in [3.63, 3.8) is 0 Å². The highest BCUT2D eigenvalue weighted by atomic mass is 35.5. The molecule has 0 aliphatic heterocycles. The van der Waals surface area contributed by atoms with Crippen molar-refractivity contribution in [1.29, 1.82) is 0 Å². The summed E-state index contributed by atoms with van der Waals surface area (Å²) in [6.07, 6.45) is 3.68. The number of aryl methyl sites for hydroxylation is 1. The summed E-state index contributed by atoms with van der Waals surface area (Å²) in [6.45, 7) is 2.55. The van der Waals surface area contributed by atoms with Gasteiger partial charge in [0.25, 0.3) is 11.8 Å². The topological polar surface area (TPSA) is 76.0 Å². The van der Waals surface area contributed by atoms with E-state index in [1.807, 2.05) is 25.3 Å². The van der Waals surface area contributed by atoms with Gasteiger partial charge in [-0.3, -0.25) is 9.59 Å². The van der Waals surface area contributed by atoms with Gasteiger partial charge in [0.2, 0.25) is 0 Å². The van der Waals surface area contributed by atoms with E-state index in [4.69, 9.17) is 23.2 Å². The highest BCUT2D eigenvalue weighted by Crippen LogP contribution is 2.22. The van der Waals surface area contributed by atoms with Crippen LogP contribution in [0.5, 0.6) is 0 Å². The van der Waals surface area contributed by atoms with Crippen molar-refractivity contribution in [3.05, 3.63) is 81.6 Å². The van der Waals surface area contributed by atoms with E-state index >= 15 is 0 Å². The molecule has 2 aromatic carbocycles. The molecule has 0 spiro atoms. The molecule has 0 unspecified atom stereocenters. The first-order valence-corrected chi connectivity index (χ1v) is 9.33. The van der Waals surface area contributed by atoms with Crippen LogP contribution in [0.15, 0.2) is 54.9 Å². The van der Waals surface area contributed by atoms with Crippen LogP contribution in [0.25, 0.3) is 5.69 Å². The Labute approximate surface area is 172 Å². The molecule has 2 N–H and O–H groups in total. The smallest absolute Gasteiger partial charge is 0.251 e. The molecule has 3 rings (SSSR count). The van der Waals surface area contributed by atoms with Gasteiger partial charge in [-0.15, -0.1) is 0 Å². The molecule has 0 bridgehead atoms. The molecule has 3 aromatic rings. The number of benzene rings is 2. The van der Waals surface area contributed by atoms with Crippen molar-refractivity contribution in [2.75, 3.05) is 13.1 Å². The first-order chi connectivity index (χ1) is 13.4. The van der Waals surface area contributed by atoms with Crippen molar-refractivity contribution in [2.45, 2.75) is 6.92 Å². The fourth-order valence-corrected chi connectivity index (χ4v) is 2.81. The Kier molecular flexibility index (Phi) is 6.34. The zero-order valence-electron chi connectivity index (χ0n) is 15.1. The highest BCUT2D eigenvalue weighted by molar-refractivity contribution is 6.42. The number of hydrogen-bond acceptors (Lipinski definition) is 3. The minimum Gasteiger partial charge on any atom is -0.350 e. The van der Waals surface area contributed by atoms with Crippen LogP contribution in [-0.4, -0.2) is 34.7 Å². The lowest BCUT2D eigenvalue weighted by Crippen LogP contribution is -2.34. The second-order valence-corrected chi connectivity index (χ2v) is 6.96. The molecule has 0 saturated carbocycles. The van der Waals surface area contributed by atoms with Gasteiger partial charge in [0.1, 0.15) is 0 Å². The molecule has 0 aliphatic rings. The van der Waals surface area contributed by atoms with E-state index in [9.17, 15) is 9.59 Å². The zero-order valence-corrected chi connectivity index (χ0v) is 16.6. The van der Waals surface area contributed by atoms with Gasteiger partial charge in [-0.1, -0.05) is 23.2 Å². The summed E-state index contributed by atoms with van der Waals surface area (Å²) in [5, 5.41) is 10.4. The van der Waals surface area contributed by atoms with E-state index in [-0.39, 0.29) is 18.4 Å². The summed E-state index contributed by atoms with van der Waals surface area (Å²) >= 11 is 11.7. The van der Waals surface area contributed by atoms with Crippen LogP contribution >= 0.6 is 23.2 Å². The van der Waals surface area contributed by atoms with Crippen molar-refractivity contribution >= 4 is 35.0 Å². The molecule has 28 heavy (non-hydrogen) atoms. The molecule has 2 amide bonds. The van der Waals surface area contributed by atoms with Gasteiger partial charge in [-0.05, 0) is 55.0 Å². The van der Waals surface area contributed by atoms with E-state index < -0.39 is 0 Å². The molecule has 144 valence electrons. The highest BCUT2D eigenvalue weighted by Gasteiger charge is 2.09. The Bertz CT molecular complexity index is 1000. The van der Waals surface area contributed by atoms with Crippen LogP contribution in [-0.2, 0) is 0 Å². The van der Waals surface area contributed by atoms with E-state index in [0.29, 0.717) is 27.7 Å².